The Morgan fingerprint density at radius 1 is 1.31 bits per heavy atom. The molecule has 0 saturated heterocycles. The lowest BCUT2D eigenvalue weighted by molar-refractivity contribution is -0.128. The van der Waals surface area contributed by atoms with Crippen LogP contribution in [0.5, 0.6) is 0 Å². The van der Waals surface area contributed by atoms with Crippen molar-refractivity contribution in [2.75, 3.05) is 0 Å². The van der Waals surface area contributed by atoms with Crippen molar-refractivity contribution in [1.29, 1.82) is 0 Å². The topological polar surface area (TPSA) is 54.5 Å². The minimum absolute atomic E-state index is 0.508. The van der Waals surface area contributed by atoms with Gasteiger partial charge in [0, 0.05) is 10.7 Å². The fraction of sp³-hybridized carbons (Fsp3) is 0.300. The first-order chi connectivity index (χ1) is 7.39. The van der Waals surface area contributed by atoms with Gasteiger partial charge in [-0.05, 0) is 6.92 Å². The molecule has 2 unspecified atom stereocenters. The molecule has 0 aromatic heterocycles. The lowest BCUT2D eigenvalue weighted by Crippen LogP contribution is -2.46. The van der Waals surface area contributed by atoms with Gasteiger partial charge in [0.1, 0.15) is 0 Å². The van der Waals surface area contributed by atoms with E-state index in [2.05, 4.69) is 0 Å². The van der Waals surface area contributed by atoms with Crippen LogP contribution in [-0.4, -0.2) is 24.7 Å². The maximum Gasteiger partial charge on any atom is 0.324 e. The Bertz CT molecular complexity index is 518. The Labute approximate surface area is 98.4 Å². The van der Waals surface area contributed by atoms with Crippen LogP contribution >= 0.6 is 10.7 Å². The smallest absolute Gasteiger partial charge is 0.273 e. The number of amides is 1. The van der Waals surface area contributed by atoms with Crippen LogP contribution in [0.25, 0.3) is 0 Å². The van der Waals surface area contributed by atoms with E-state index in [1.165, 1.54) is 0 Å². The molecule has 0 N–H and O–H groups in total. The van der Waals surface area contributed by atoms with Crippen molar-refractivity contribution >= 4 is 25.8 Å². The summed E-state index contributed by atoms with van der Waals surface area (Å²) in [6.07, 6.45) is 8.47. The van der Waals surface area contributed by atoms with Gasteiger partial charge in [-0.2, -0.15) is 8.42 Å². The lowest BCUT2D eigenvalue weighted by atomic mass is 9.96. The molecule has 0 aromatic carbocycles. The van der Waals surface area contributed by atoms with Gasteiger partial charge in [0.05, 0.1) is 12.0 Å². The number of carbonyl (C=O) groups is 1. The minimum Gasteiger partial charge on any atom is -0.273 e. The number of nitrogens with zero attached hydrogens (tertiary/aromatic N) is 1. The molecule has 2 atom stereocenters. The number of carbonyl (C=O) groups excluding carboxylic acids is 1. The zero-order chi connectivity index (χ0) is 11.9. The molecule has 0 spiro atoms. The second kappa shape index (κ2) is 3.75. The van der Waals surface area contributed by atoms with E-state index in [0.29, 0.717) is 4.31 Å². The summed E-state index contributed by atoms with van der Waals surface area (Å²) in [5, 5.41) is 0. The van der Waals surface area contributed by atoms with Crippen LogP contribution in [0.15, 0.2) is 36.0 Å². The highest BCUT2D eigenvalue weighted by molar-refractivity contribution is 8.12. The molecule has 3 aliphatic rings. The zero-order valence-electron chi connectivity index (χ0n) is 8.50. The molecule has 4 nitrogen and oxygen atoms in total. The van der Waals surface area contributed by atoms with Gasteiger partial charge < -0.3 is 0 Å². The first kappa shape index (κ1) is 11.4. The molecule has 0 saturated carbocycles. The normalized spacial score (nSPS) is 34.2. The van der Waals surface area contributed by atoms with Gasteiger partial charge in [-0.3, -0.25) is 4.79 Å². The van der Waals surface area contributed by atoms with Crippen LogP contribution in [0, 0.1) is 5.92 Å². The summed E-state index contributed by atoms with van der Waals surface area (Å²) < 4.78 is 23.3. The molecule has 2 bridgehead atoms. The molecule has 1 amide bonds. The second-order valence-corrected chi connectivity index (χ2v) is 6.13. The summed E-state index contributed by atoms with van der Waals surface area (Å²) in [5.41, 5.74) is 0.930. The van der Waals surface area contributed by atoms with Crippen LogP contribution in [0.1, 0.15) is 6.92 Å². The third kappa shape index (κ3) is 1.92. The molecule has 0 fully saturated rings. The monoisotopic (exact) mass is 259 g/mol. The number of allylic oxidation sites excluding steroid dienone is 2. The van der Waals surface area contributed by atoms with E-state index in [1.807, 2.05) is 6.92 Å². The lowest BCUT2D eigenvalue weighted by Gasteiger charge is -2.31. The molecule has 16 heavy (non-hydrogen) atoms. The quantitative estimate of drug-likeness (QED) is 0.528. The maximum absolute atomic E-state index is 11.9. The molecular weight excluding hydrogens is 250 g/mol. The van der Waals surface area contributed by atoms with E-state index < -0.39 is 27.1 Å². The van der Waals surface area contributed by atoms with Gasteiger partial charge in [0.2, 0.25) is 5.91 Å². The minimum atomic E-state index is -4.04. The number of fused-ring (bicyclic) bond motifs is 2. The van der Waals surface area contributed by atoms with Gasteiger partial charge in [-0.15, -0.1) is 0 Å². The SMILES string of the molecule is CC1=C/C2C=CC(/C=C\1)N(S(=O)(=O)Cl)C2=O. The average molecular weight is 260 g/mol. The molecule has 0 aromatic rings. The number of rotatable bonds is 1. The number of hydrogen-bond donors (Lipinski definition) is 0. The van der Waals surface area contributed by atoms with E-state index in [0.717, 1.165) is 5.57 Å². The Kier molecular flexibility index (Phi) is 2.67. The molecule has 3 rings (SSSR count). The first-order valence-corrected chi connectivity index (χ1v) is 6.99. The van der Waals surface area contributed by atoms with Crippen molar-refractivity contribution in [2.24, 2.45) is 5.92 Å². The van der Waals surface area contributed by atoms with E-state index >= 15 is 0 Å². The van der Waals surface area contributed by atoms with Crippen LogP contribution in [0.3, 0.4) is 0 Å². The first-order valence-electron chi connectivity index (χ1n) is 4.72. The highest BCUT2D eigenvalue weighted by atomic mass is 35.7. The summed E-state index contributed by atoms with van der Waals surface area (Å²) in [4.78, 5) is 11.9. The van der Waals surface area contributed by atoms with Gasteiger partial charge in [-0.25, -0.2) is 4.31 Å². The Morgan fingerprint density at radius 3 is 2.62 bits per heavy atom. The number of halogens is 1. The predicted octanol–water partition coefficient (Wildman–Crippen LogP) is 1.37. The van der Waals surface area contributed by atoms with Gasteiger partial charge in [0.25, 0.3) is 0 Å². The van der Waals surface area contributed by atoms with Crippen LogP contribution in [-0.2, 0) is 14.0 Å². The van der Waals surface area contributed by atoms with Crippen molar-refractivity contribution < 1.29 is 13.2 Å². The van der Waals surface area contributed by atoms with Gasteiger partial charge >= 0.3 is 9.24 Å². The van der Waals surface area contributed by atoms with Gasteiger partial charge in [0.15, 0.2) is 0 Å². The van der Waals surface area contributed by atoms with E-state index in [4.69, 9.17) is 10.7 Å². The number of hydrogen-bond acceptors (Lipinski definition) is 3. The Balaban J connectivity index is 2.54. The molecule has 1 aliphatic carbocycles. The Hall–Kier alpha value is -1.07. The molecule has 0 radical (unpaired) electrons. The summed E-state index contributed by atoms with van der Waals surface area (Å²) in [6, 6.07) is -0.616. The van der Waals surface area contributed by atoms with Crippen LogP contribution in [0.2, 0.25) is 0 Å². The standard InChI is InChI=1S/C10H10ClNO3S/c1-7-2-4-9-5-3-8(6-7)10(13)12(9)16(11,14)15/h2-6,8-9H,1H3/b4-2-,7-6-. The zero-order valence-corrected chi connectivity index (χ0v) is 10.1. The van der Waals surface area contributed by atoms with Crippen molar-refractivity contribution in [3.63, 3.8) is 0 Å². The van der Waals surface area contributed by atoms with Crippen LogP contribution in [0.4, 0.5) is 0 Å². The molecular formula is C10H10ClNO3S. The second-order valence-electron chi connectivity index (χ2n) is 3.75. The van der Waals surface area contributed by atoms with E-state index in [9.17, 15) is 13.2 Å². The third-order valence-electron chi connectivity index (χ3n) is 2.52. The summed E-state index contributed by atoms with van der Waals surface area (Å²) in [6.45, 7) is 1.86. The average Bonchev–Trinajstić information content (AvgIpc) is 2.12. The highest BCUT2D eigenvalue weighted by Crippen LogP contribution is 2.27. The van der Waals surface area contributed by atoms with Crippen molar-refractivity contribution in [1.82, 2.24) is 4.31 Å². The third-order valence-corrected chi connectivity index (χ3v) is 3.86. The molecule has 86 valence electrons. The fourth-order valence-electron chi connectivity index (χ4n) is 1.80. The predicted molar refractivity (Wildman–Crippen MR) is 60.9 cm³/mol. The summed E-state index contributed by atoms with van der Waals surface area (Å²) in [7, 11) is 1.21. The summed E-state index contributed by atoms with van der Waals surface area (Å²) >= 11 is 0. The summed E-state index contributed by atoms with van der Waals surface area (Å²) in [5.74, 6) is -1.05. The molecule has 6 heteroatoms. The highest BCUT2D eigenvalue weighted by Gasteiger charge is 2.37. The van der Waals surface area contributed by atoms with Crippen LogP contribution < -0.4 is 0 Å². The largest absolute Gasteiger partial charge is 0.324 e. The van der Waals surface area contributed by atoms with Crippen molar-refractivity contribution in [2.45, 2.75) is 13.0 Å². The van der Waals surface area contributed by atoms with E-state index in [1.54, 1.807) is 30.4 Å². The van der Waals surface area contributed by atoms with Crippen molar-refractivity contribution in [3.05, 3.63) is 36.0 Å². The van der Waals surface area contributed by atoms with E-state index in [-0.39, 0.29) is 0 Å². The maximum atomic E-state index is 11.9. The van der Waals surface area contributed by atoms with Crippen molar-refractivity contribution in [3.8, 4) is 0 Å². The molecule has 2 heterocycles. The fourth-order valence-corrected chi connectivity index (χ4v) is 3.05. The molecule has 2 aliphatic heterocycles. The van der Waals surface area contributed by atoms with Gasteiger partial charge in [-0.1, -0.05) is 36.0 Å². The Morgan fingerprint density at radius 2 is 2.00 bits per heavy atom.